The molecule has 1 aromatic carbocycles. The fraction of sp³-hybridized carbons (Fsp3) is 0.400. The van der Waals surface area contributed by atoms with E-state index in [0.717, 1.165) is 24.0 Å². The Hall–Kier alpha value is -2.96. The minimum atomic E-state index is -0.161. The number of nitrogens with zero attached hydrogens (tertiary/aromatic N) is 4. The van der Waals surface area contributed by atoms with Crippen molar-refractivity contribution in [1.29, 1.82) is 0 Å². The Morgan fingerprint density at radius 1 is 1.19 bits per heavy atom. The number of aryl methyl sites for hydroxylation is 2. The first-order valence-corrected chi connectivity index (χ1v) is 9.22. The molecule has 3 aromatic rings. The summed E-state index contributed by atoms with van der Waals surface area (Å²) in [5, 5.41) is 2.96. The van der Waals surface area contributed by atoms with Gasteiger partial charge in [0.1, 0.15) is 0 Å². The smallest absolute Gasteiger partial charge is 0.277 e. The number of hydrogen-bond acceptors (Lipinski definition) is 4. The Morgan fingerprint density at radius 3 is 2.52 bits per heavy atom. The maximum Gasteiger partial charge on any atom is 0.277 e. The van der Waals surface area contributed by atoms with E-state index in [4.69, 9.17) is 0 Å². The highest BCUT2D eigenvalue weighted by molar-refractivity contribution is 5.89. The van der Waals surface area contributed by atoms with Gasteiger partial charge < -0.3 is 0 Å². The molecule has 0 bridgehead atoms. The van der Waals surface area contributed by atoms with Crippen molar-refractivity contribution in [2.75, 3.05) is 4.90 Å². The lowest BCUT2D eigenvalue weighted by Crippen LogP contribution is -2.29. The van der Waals surface area contributed by atoms with E-state index in [-0.39, 0.29) is 17.2 Å². The Bertz CT molecular complexity index is 1020. The molecular weight excluding hydrogens is 342 g/mol. The van der Waals surface area contributed by atoms with Crippen LogP contribution in [0, 0.1) is 13.8 Å². The third kappa shape index (κ3) is 3.92. The van der Waals surface area contributed by atoms with E-state index in [1.165, 1.54) is 16.3 Å². The maximum absolute atomic E-state index is 12.8. The quantitative estimate of drug-likeness (QED) is 0.726. The Balaban J connectivity index is 2.00. The first kappa shape index (κ1) is 18.8. The van der Waals surface area contributed by atoms with Crippen molar-refractivity contribution < 1.29 is 4.79 Å². The van der Waals surface area contributed by atoms with E-state index in [1.54, 1.807) is 0 Å². The van der Waals surface area contributed by atoms with Gasteiger partial charge in [0.2, 0.25) is 11.9 Å². The zero-order valence-corrected chi connectivity index (χ0v) is 16.2. The van der Waals surface area contributed by atoms with E-state index in [1.807, 2.05) is 38.1 Å². The molecule has 7 nitrogen and oxygen atoms in total. The lowest BCUT2D eigenvalue weighted by Gasteiger charge is -2.17. The van der Waals surface area contributed by atoms with E-state index >= 15 is 0 Å². The molecule has 0 radical (unpaired) electrons. The highest BCUT2D eigenvalue weighted by atomic mass is 16.2. The van der Waals surface area contributed by atoms with E-state index in [9.17, 15) is 9.59 Å². The summed E-state index contributed by atoms with van der Waals surface area (Å²) in [6, 6.07) is 7.96. The van der Waals surface area contributed by atoms with E-state index < -0.39 is 0 Å². The zero-order valence-electron chi connectivity index (χ0n) is 16.2. The summed E-state index contributed by atoms with van der Waals surface area (Å²) < 4.78 is 1.33. The average Bonchev–Trinajstić information content (AvgIpc) is 3.04. The molecule has 7 heteroatoms. The number of benzene rings is 1. The van der Waals surface area contributed by atoms with Crippen molar-refractivity contribution in [2.45, 2.75) is 53.5 Å². The topological polar surface area (TPSA) is 83.4 Å². The maximum atomic E-state index is 12.8. The SMILES string of the molecule is CCCCc1c(C)nc2nc(N(Cc3ccc(C)cc3)C(C)=O)[nH]n2c1=O. The molecule has 0 fully saturated rings. The number of unbranched alkanes of at least 4 members (excludes halogenated alkanes) is 1. The van der Waals surface area contributed by atoms with Crippen molar-refractivity contribution in [3.63, 3.8) is 0 Å². The first-order valence-electron chi connectivity index (χ1n) is 9.22. The van der Waals surface area contributed by atoms with Crippen LogP contribution in [0.1, 0.15) is 49.1 Å². The molecule has 0 saturated heterocycles. The Morgan fingerprint density at radius 2 is 1.89 bits per heavy atom. The van der Waals surface area contributed by atoms with E-state index in [0.29, 0.717) is 30.2 Å². The number of anilines is 1. The number of nitrogens with one attached hydrogen (secondary N) is 1. The second-order valence-electron chi connectivity index (χ2n) is 6.86. The number of rotatable bonds is 6. The van der Waals surface area contributed by atoms with Gasteiger partial charge in [-0.2, -0.15) is 9.50 Å². The number of carbonyl (C=O) groups excluding carboxylic acids is 1. The van der Waals surface area contributed by atoms with Crippen LogP contribution in [0.25, 0.3) is 5.78 Å². The molecule has 0 unspecified atom stereocenters. The molecule has 1 N–H and O–H groups in total. The Labute approximate surface area is 158 Å². The molecule has 0 saturated carbocycles. The van der Waals surface area contributed by atoms with Crippen LogP contribution in [0.5, 0.6) is 0 Å². The van der Waals surface area contributed by atoms with Gasteiger partial charge in [-0.15, -0.1) is 0 Å². The van der Waals surface area contributed by atoms with Gasteiger partial charge in [0, 0.05) is 12.5 Å². The lowest BCUT2D eigenvalue weighted by molar-refractivity contribution is -0.116. The molecule has 0 spiro atoms. The summed E-state index contributed by atoms with van der Waals surface area (Å²) in [5.74, 6) is 0.438. The molecule has 27 heavy (non-hydrogen) atoms. The van der Waals surface area contributed by atoms with Crippen LogP contribution < -0.4 is 10.5 Å². The van der Waals surface area contributed by atoms with Gasteiger partial charge in [-0.3, -0.25) is 19.6 Å². The molecule has 2 aromatic heterocycles. The number of hydrogen-bond donors (Lipinski definition) is 1. The molecule has 0 aliphatic carbocycles. The second kappa shape index (κ2) is 7.73. The number of fused-ring (bicyclic) bond motifs is 1. The minimum Gasteiger partial charge on any atom is -0.277 e. The fourth-order valence-corrected chi connectivity index (χ4v) is 3.02. The van der Waals surface area contributed by atoms with Crippen molar-refractivity contribution >= 4 is 17.6 Å². The number of H-pyrrole nitrogens is 1. The minimum absolute atomic E-state index is 0.150. The van der Waals surface area contributed by atoms with Crippen molar-refractivity contribution in [1.82, 2.24) is 19.6 Å². The second-order valence-corrected chi connectivity index (χ2v) is 6.86. The normalized spacial score (nSPS) is 11.1. The predicted molar refractivity (Wildman–Crippen MR) is 105 cm³/mol. The number of carbonyl (C=O) groups is 1. The largest absolute Gasteiger partial charge is 0.277 e. The fourth-order valence-electron chi connectivity index (χ4n) is 3.02. The number of aromatic amines is 1. The zero-order chi connectivity index (χ0) is 19.6. The van der Waals surface area contributed by atoms with Crippen LogP contribution in [0.15, 0.2) is 29.1 Å². The highest BCUT2D eigenvalue weighted by Crippen LogP contribution is 2.15. The third-order valence-electron chi connectivity index (χ3n) is 4.66. The molecule has 142 valence electrons. The monoisotopic (exact) mass is 367 g/mol. The van der Waals surface area contributed by atoms with Gasteiger partial charge in [-0.1, -0.05) is 43.2 Å². The molecule has 1 amide bonds. The number of aromatic nitrogens is 4. The van der Waals surface area contributed by atoms with Gasteiger partial charge in [0.05, 0.1) is 12.2 Å². The lowest BCUT2D eigenvalue weighted by atomic mass is 10.1. The molecule has 2 heterocycles. The number of amides is 1. The summed E-state index contributed by atoms with van der Waals surface area (Å²) in [7, 11) is 0. The van der Waals surface area contributed by atoms with Crippen LogP contribution >= 0.6 is 0 Å². The predicted octanol–water partition coefficient (Wildman–Crippen LogP) is 2.93. The van der Waals surface area contributed by atoms with Crippen LogP contribution in [0.2, 0.25) is 0 Å². The molecule has 0 atom stereocenters. The molecule has 0 aliphatic heterocycles. The van der Waals surface area contributed by atoms with Crippen molar-refractivity contribution in [3.8, 4) is 0 Å². The molecular formula is C20H25N5O2. The van der Waals surface area contributed by atoms with Crippen molar-refractivity contribution in [3.05, 3.63) is 57.0 Å². The summed E-state index contributed by atoms with van der Waals surface area (Å²) in [6.07, 6.45) is 2.62. The Kier molecular flexibility index (Phi) is 5.39. The average molecular weight is 367 g/mol. The summed E-state index contributed by atoms with van der Waals surface area (Å²) in [6.45, 7) is 7.78. The standard InChI is InChI=1S/C20H25N5O2/c1-5-6-7-17-14(3)21-19-22-20(23-25(19)18(17)27)24(15(4)26)12-16-10-8-13(2)9-11-16/h8-11H,5-7,12H2,1-4H3,(H,21,22,23). The molecule has 0 aliphatic rings. The highest BCUT2D eigenvalue weighted by Gasteiger charge is 2.19. The first-order chi connectivity index (χ1) is 12.9. The van der Waals surface area contributed by atoms with Gasteiger partial charge in [-0.25, -0.2) is 4.98 Å². The van der Waals surface area contributed by atoms with E-state index in [2.05, 4.69) is 22.0 Å². The van der Waals surface area contributed by atoms with Gasteiger partial charge in [0.25, 0.3) is 11.3 Å². The molecule has 3 rings (SSSR count). The summed E-state index contributed by atoms with van der Waals surface area (Å²) >= 11 is 0. The third-order valence-corrected chi connectivity index (χ3v) is 4.66. The van der Waals surface area contributed by atoms with Gasteiger partial charge in [-0.05, 0) is 32.3 Å². The summed E-state index contributed by atoms with van der Waals surface area (Å²) in [5.41, 5.74) is 3.37. The van der Waals surface area contributed by atoms with Crippen LogP contribution in [0.4, 0.5) is 5.95 Å². The van der Waals surface area contributed by atoms with Crippen molar-refractivity contribution in [2.24, 2.45) is 0 Å². The van der Waals surface area contributed by atoms with Crippen LogP contribution in [-0.4, -0.2) is 25.5 Å². The van der Waals surface area contributed by atoms with Gasteiger partial charge >= 0.3 is 0 Å². The van der Waals surface area contributed by atoms with Crippen LogP contribution in [-0.2, 0) is 17.8 Å². The van der Waals surface area contributed by atoms with Gasteiger partial charge in [0.15, 0.2) is 0 Å². The summed E-state index contributed by atoms with van der Waals surface area (Å²) in [4.78, 5) is 35.4. The van der Waals surface area contributed by atoms with Crippen LogP contribution in [0.3, 0.4) is 0 Å².